The van der Waals surface area contributed by atoms with Crippen molar-refractivity contribution in [2.24, 2.45) is 17.6 Å². The monoisotopic (exact) mass is 180 g/mol. The third-order valence-electron chi connectivity index (χ3n) is 4.42. The van der Waals surface area contributed by atoms with E-state index in [4.69, 9.17) is 5.73 Å². The zero-order valence-electron chi connectivity index (χ0n) is 8.26. The molecule has 0 heterocycles. The second-order valence-corrected chi connectivity index (χ2v) is 5.43. The van der Waals surface area contributed by atoms with Gasteiger partial charge in [-0.05, 0) is 50.5 Å². The normalized spacial score (nSPS) is 52.8. The van der Waals surface area contributed by atoms with Gasteiger partial charge in [0, 0.05) is 11.6 Å². The number of hydrogen-bond acceptors (Lipinski definition) is 2. The lowest BCUT2D eigenvalue weighted by Crippen LogP contribution is -2.44. The Balaban J connectivity index is 1.44. The molecular formula is C11H20N2. The first-order chi connectivity index (χ1) is 6.28. The van der Waals surface area contributed by atoms with Crippen LogP contribution in [0.4, 0.5) is 0 Å². The summed E-state index contributed by atoms with van der Waals surface area (Å²) in [6.45, 7) is 1.24. The molecule has 3 rings (SSSR count). The van der Waals surface area contributed by atoms with Crippen molar-refractivity contribution in [3.63, 3.8) is 0 Å². The molecule has 3 aliphatic rings. The predicted molar refractivity (Wildman–Crippen MR) is 53.4 cm³/mol. The first kappa shape index (κ1) is 8.25. The summed E-state index contributed by atoms with van der Waals surface area (Å²) in [7, 11) is 0. The second kappa shape index (κ2) is 2.71. The van der Waals surface area contributed by atoms with Crippen molar-refractivity contribution in [1.82, 2.24) is 5.32 Å². The smallest absolute Gasteiger partial charge is 0.0213 e. The average Bonchev–Trinajstić information content (AvgIpc) is 2.62. The summed E-state index contributed by atoms with van der Waals surface area (Å²) in [4.78, 5) is 0. The van der Waals surface area contributed by atoms with Gasteiger partial charge in [0.15, 0.2) is 0 Å². The highest BCUT2D eigenvalue weighted by molar-refractivity contribution is 5.14. The molecule has 3 N–H and O–H groups in total. The van der Waals surface area contributed by atoms with E-state index in [9.17, 15) is 0 Å². The fourth-order valence-electron chi connectivity index (χ4n) is 3.34. The van der Waals surface area contributed by atoms with Crippen molar-refractivity contribution in [3.8, 4) is 0 Å². The molecule has 2 unspecified atom stereocenters. The van der Waals surface area contributed by atoms with Gasteiger partial charge >= 0.3 is 0 Å². The zero-order valence-corrected chi connectivity index (χ0v) is 8.26. The lowest BCUT2D eigenvalue weighted by molar-refractivity contribution is 0.243. The van der Waals surface area contributed by atoms with Gasteiger partial charge in [0.25, 0.3) is 0 Å². The summed E-state index contributed by atoms with van der Waals surface area (Å²) in [5.74, 6) is 1.94. The molecule has 3 saturated carbocycles. The Morgan fingerprint density at radius 3 is 2.77 bits per heavy atom. The van der Waals surface area contributed by atoms with Gasteiger partial charge in [0.05, 0.1) is 0 Å². The minimum Gasteiger partial charge on any atom is -0.328 e. The van der Waals surface area contributed by atoms with Crippen molar-refractivity contribution >= 4 is 0 Å². The Bertz CT molecular complexity index is 210. The van der Waals surface area contributed by atoms with Crippen LogP contribution in [0.5, 0.6) is 0 Å². The van der Waals surface area contributed by atoms with Crippen LogP contribution in [0.15, 0.2) is 0 Å². The molecule has 0 radical (unpaired) electrons. The van der Waals surface area contributed by atoms with Gasteiger partial charge in [-0.3, -0.25) is 0 Å². The molecule has 74 valence electrons. The third-order valence-corrected chi connectivity index (χ3v) is 4.42. The number of nitrogens with two attached hydrogens (primary N) is 1. The van der Waals surface area contributed by atoms with E-state index >= 15 is 0 Å². The molecular weight excluding hydrogens is 160 g/mol. The maximum atomic E-state index is 5.77. The molecule has 0 aliphatic heterocycles. The Morgan fingerprint density at radius 2 is 2.23 bits per heavy atom. The van der Waals surface area contributed by atoms with E-state index < -0.39 is 0 Å². The quantitative estimate of drug-likeness (QED) is 0.686. The standard InChI is InChI=1S/C11H20N2/c12-10-4-8(5-10)7-13-11-3-1-2-9(11)6-11/h8-10,13H,1-7,12H2. The molecule has 0 aromatic rings. The maximum Gasteiger partial charge on any atom is 0.0213 e. The summed E-state index contributed by atoms with van der Waals surface area (Å²) < 4.78 is 0. The van der Waals surface area contributed by atoms with Gasteiger partial charge in [-0.15, -0.1) is 0 Å². The Labute approximate surface area is 80.3 Å². The van der Waals surface area contributed by atoms with E-state index in [-0.39, 0.29) is 0 Å². The van der Waals surface area contributed by atoms with E-state index in [1.807, 2.05) is 0 Å². The lowest BCUT2D eigenvalue weighted by Gasteiger charge is -2.33. The zero-order chi connectivity index (χ0) is 8.89. The molecule has 0 amide bonds. The molecule has 2 atom stereocenters. The fraction of sp³-hybridized carbons (Fsp3) is 1.00. The molecule has 13 heavy (non-hydrogen) atoms. The highest BCUT2D eigenvalue weighted by Gasteiger charge is 2.56. The van der Waals surface area contributed by atoms with Crippen molar-refractivity contribution in [2.45, 2.75) is 50.1 Å². The van der Waals surface area contributed by atoms with E-state index in [2.05, 4.69) is 5.32 Å². The molecule has 0 saturated heterocycles. The van der Waals surface area contributed by atoms with Crippen LogP contribution in [0.1, 0.15) is 38.5 Å². The largest absolute Gasteiger partial charge is 0.328 e. The van der Waals surface area contributed by atoms with Crippen molar-refractivity contribution in [2.75, 3.05) is 6.54 Å². The number of rotatable bonds is 3. The van der Waals surface area contributed by atoms with E-state index in [0.29, 0.717) is 11.6 Å². The van der Waals surface area contributed by atoms with Crippen LogP contribution in [-0.4, -0.2) is 18.1 Å². The Kier molecular flexibility index (Phi) is 1.72. The minimum atomic E-state index is 0.517. The number of nitrogens with one attached hydrogen (secondary N) is 1. The van der Waals surface area contributed by atoms with Crippen LogP contribution in [0.3, 0.4) is 0 Å². The van der Waals surface area contributed by atoms with Crippen molar-refractivity contribution in [1.29, 1.82) is 0 Å². The predicted octanol–water partition coefficient (Wildman–Crippen LogP) is 1.26. The molecule has 2 nitrogen and oxygen atoms in total. The highest BCUT2D eigenvalue weighted by atomic mass is 15.1. The summed E-state index contributed by atoms with van der Waals surface area (Å²) in [6.07, 6.45) is 8.36. The summed E-state index contributed by atoms with van der Waals surface area (Å²) in [6, 6.07) is 0.517. The fourth-order valence-corrected chi connectivity index (χ4v) is 3.34. The molecule has 0 aromatic heterocycles. The first-order valence-electron chi connectivity index (χ1n) is 5.79. The van der Waals surface area contributed by atoms with Crippen molar-refractivity contribution in [3.05, 3.63) is 0 Å². The second-order valence-electron chi connectivity index (χ2n) is 5.43. The SMILES string of the molecule is NC1CC(CNC23CCCC2C3)C1. The molecule has 3 aliphatic carbocycles. The summed E-state index contributed by atoms with van der Waals surface area (Å²) in [5.41, 5.74) is 6.39. The Morgan fingerprint density at radius 1 is 1.38 bits per heavy atom. The minimum absolute atomic E-state index is 0.517. The van der Waals surface area contributed by atoms with Gasteiger partial charge < -0.3 is 11.1 Å². The van der Waals surface area contributed by atoms with Gasteiger partial charge in [0.2, 0.25) is 0 Å². The van der Waals surface area contributed by atoms with Crippen LogP contribution in [0.2, 0.25) is 0 Å². The highest BCUT2D eigenvalue weighted by Crippen LogP contribution is 2.55. The molecule has 0 aromatic carbocycles. The van der Waals surface area contributed by atoms with E-state index in [1.54, 1.807) is 0 Å². The molecule has 2 heteroatoms. The number of hydrogen-bond donors (Lipinski definition) is 2. The van der Waals surface area contributed by atoms with E-state index in [1.165, 1.54) is 45.1 Å². The average molecular weight is 180 g/mol. The van der Waals surface area contributed by atoms with Crippen molar-refractivity contribution < 1.29 is 0 Å². The van der Waals surface area contributed by atoms with Crippen LogP contribution in [0, 0.1) is 11.8 Å². The first-order valence-corrected chi connectivity index (χ1v) is 5.79. The molecule has 0 bridgehead atoms. The summed E-state index contributed by atoms with van der Waals surface area (Å²) >= 11 is 0. The van der Waals surface area contributed by atoms with Crippen LogP contribution in [0.25, 0.3) is 0 Å². The third kappa shape index (κ3) is 1.31. The van der Waals surface area contributed by atoms with Gasteiger partial charge in [-0.2, -0.15) is 0 Å². The van der Waals surface area contributed by atoms with Crippen LogP contribution < -0.4 is 11.1 Å². The van der Waals surface area contributed by atoms with Crippen LogP contribution >= 0.6 is 0 Å². The van der Waals surface area contributed by atoms with Gasteiger partial charge in [-0.25, -0.2) is 0 Å². The van der Waals surface area contributed by atoms with Gasteiger partial charge in [0.1, 0.15) is 0 Å². The topological polar surface area (TPSA) is 38.0 Å². The van der Waals surface area contributed by atoms with E-state index in [0.717, 1.165) is 11.8 Å². The molecule has 0 spiro atoms. The van der Waals surface area contributed by atoms with Crippen LogP contribution in [-0.2, 0) is 0 Å². The maximum absolute atomic E-state index is 5.77. The van der Waals surface area contributed by atoms with Gasteiger partial charge in [-0.1, -0.05) is 6.42 Å². The Hall–Kier alpha value is -0.0800. The molecule has 3 fully saturated rings. The summed E-state index contributed by atoms with van der Waals surface area (Å²) in [5, 5.41) is 3.80. The number of fused-ring (bicyclic) bond motifs is 1. The lowest BCUT2D eigenvalue weighted by atomic mass is 9.81.